The van der Waals surface area contributed by atoms with Crippen molar-refractivity contribution in [1.29, 1.82) is 0 Å². The first kappa shape index (κ1) is 25.4. The zero-order valence-electron chi connectivity index (χ0n) is 18.2. The second-order valence-electron chi connectivity index (χ2n) is 8.02. The van der Waals surface area contributed by atoms with Crippen LogP contribution in [0.25, 0.3) is 0 Å². The molecule has 0 saturated heterocycles. The van der Waals surface area contributed by atoms with Crippen LogP contribution in [0.3, 0.4) is 0 Å². The third-order valence-electron chi connectivity index (χ3n) is 5.71. The van der Waals surface area contributed by atoms with Crippen LogP contribution in [0, 0.1) is 24.2 Å². The van der Waals surface area contributed by atoms with Crippen LogP contribution in [-0.4, -0.2) is 42.8 Å². The molecule has 1 aliphatic rings. The van der Waals surface area contributed by atoms with Gasteiger partial charge < -0.3 is 14.6 Å². The normalized spacial score (nSPS) is 21.2. The van der Waals surface area contributed by atoms with Crippen molar-refractivity contribution in [2.45, 2.75) is 83.2 Å². The lowest BCUT2D eigenvalue weighted by Gasteiger charge is -2.21. The van der Waals surface area contributed by atoms with Gasteiger partial charge in [-0.25, -0.2) is 4.79 Å². The summed E-state index contributed by atoms with van der Waals surface area (Å²) in [6, 6.07) is 0. The number of carbonyl (C=O) groups is 2. The van der Waals surface area contributed by atoms with Crippen molar-refractivity contribution >= 4 is 11.8 Å². The van der Waals surface area contributed by atoms with Gasteiger partial charge >= 0.3 is 5.97 Å². The van der Waals surface area contributed by atoms with Crippen LogP contribution in [0.1, 0.15) is 77.6 Å². The summed E-state index contributed by atoms with van der Waals surface area (Å²) in [5.41, 5.74) is -1.08. The molecule has 0 heterocycles. The van der Waals surface area contributed by atoms with Crippen LogP contribution in [-0.2, 0) is 19.1 Å². The molecule has 0 aromatic heterocycles. The number of hydrogen-bond acceptors (Lipinski definition) is 5. The molecule has 1 saturated carbocycles. The van der Waals surface area contributed by atoms with Crippen molar-refractivity contribution in [3.63, 3.8) is 0 Å². The van der Waals surface area contributed by atoms with Gasteiger partial charge in [-0.3, -0.25) is 4.79 Å². The fraction of sp³-hybridized carbons (Fsp3) is 0.750. The van der Waals surface area contributed by atoms with Gasteiger partial charge in [-0.1, -0.05) is 50.7 Å². The molecule has 164 valence electrons. The largest absolute Gasteiger partial charge is 0.467 e. The Balaban J connectivity index is 2.38. The quantitative estimate of drug-likeness (QED) is 0.191. The molecule has 0 amide bonds. The molecule has 3 atom stereocenters. The number of rotatable bonds is 15. The van der Waals surface area contributed by atoms with E-state index in [0.717, 1.165) is 51.4 Å². The maximum absolute atomic E-state index is 12.2. The lowest BCUT2D eigenvalue weighted by molar-refractivity contribution is -0.145. The maximum Gasteiger partial charge on any atom is 0.331 e. The van der Waals surface area contributed by atoms with Gasteiger partial charge in [-0.15, -0.1) is 6.42 Å². The number of carbonyl (C=O) groups excluding carboxylic acids is 2. The van der Waals surface area contributed by atoms with Crippen molar-refractivity contribution < 1.29 is 24.2 Å². The number of ether oxygens (including phenoxy) is 2. The number of methoxy groups -OCH3 is 1. The predicted molar refractivity (Wildman–Crippen MR) is 114 cm³/mol. The van der Waals surface area contributed by atoms with E-state index in [1.165, 1.54) is 7.11 Å². The van der Waals surface area contributed by atoms with Gasteiger partial charge in [0.1, 0.15) is 18.0 Å². The van der Waals surface area contributed by atoms with Gasteiger partial charge in [0, 0.05) is 25.4 Å². The molecule has 1 fully saturated rings. The van der Waals surface area contributed by atoms with Gasteiger partial charge in [0.2, 0.25) is 0 Å². The Hall–Kier alpha value is -1.64. The molecule has 0 bridgehead atoms. The first-order valence-corrected chi connectivity index (χ1v) is 11.0. The van der Waals surface area contributed by atoms with E-state index in [1.807, 2.05) is 6.08 Å². The SMILES string of the molecule is C#CC(O)(CC=C[C@H]1CCC(=O)[C@@H]1CCCCOCC(=O)OC)CCCCCC. The van der Waals surface area contributed by atoms with E-state index in [0.29, 0.717) is 31.7 Å². The number of hydrogen-bond donors (Lipinski definition) is 1. The molecule has 1 aliphatic carbocycles. The fourth-order valence-corrected chi connectivity index (χ4v) is 3.84. The molecule has 29 heavy (non-hydrogen) atoms. The van der Waals surface area contributed by atoms with Crippen molar-refractivity contribution in [2.75, 3.05) is 20.3 Å². The minimum Gasteiger partial charge on any atom is -0.467 e. The predicted octanol–water partition coefficient (Wildman–Crippen LogP) is 4.22. The second kappa shape index (κ2) is 14.4. The second-order valence-corrected chi connectivity index (χ2v) is 8.02. The van der Waals surface area contributed by atoms with Crippen LogP contribution in [0.2, 0.25) is 0 Å². The van der Waals surface area contributed by atoms with Gasteiger partial charge in [0.05, 0.1) is 7.11 Å². The Morgan fingerprint density at radius 2 is 2.10 bits per heavy atom. The molecule has 0 spiro atoms. The lowest BCUT2D eigenvalue weighted by atomic mass is 9.88. The molecule has 1 N–H and O–H groups in total. The smallest absolute Gasteiger partial charge is 0.331 e. The summed E-state index contributed by atoms with van der Waals surface area (Å²) in [4.78, 5) is 23.2. The Bertz CT molecular complexity index is 562. The molecule has 5 heteroatoms. The summed E-state index contributed by atoms with van der Waals surface area (Å²) in [5, 5.41) is 10.6. The fourth-order valence-electron chi connectivity index (χ4n) is 3.84. The topological polar surface area (TPSA) is 72.8 Å². The Morgan fingerprint density at radius 1 is 1.31 bits per heavy atom. The molecule has 1 rings (SSSR count). The highest BCUT2D eigenvalue weighted by Gasteiger charge is 2.32. The van der Waals surface area contributed by atoms with Crippen molar-refractivity contribution in [1.82, 2.24) is 0 Å². The highest BCUT2D eigenvalue weighted by atomic mass is 16.6. The molecule has 5 nitrogen and oxygen atoms in total. The van der Waals surface area contributed by atoms with Crippen molar-refractivity contribution in [2.24, 2.45) is 11.8 Å². The lowest BCUT2D eigenvalue weighted by Crippen LogP contribution is -2.25. The standard InChI is InChI=1S/C24H38O5/c1-4-6-7-9-16-24(27,5-2)17-11-12-20-14-15-22(25)21(20)13-8-10-18-29-19-23(26)28-3/h2,11-12,20-21,27H,4,6-10,13-19H2,1,3H3/t20-,21+,24?/m0/s1. The number of unbranched alkanes of at least 4 members (excludes halogenated alkanes) is 4. The molecule has 0 radical (unpaired) electrons. The average Bonchev–Trinajstić information content (AvgIpc) is 3.07. The van der Waals surface area contributed by atoms with Gasteiger partial charge in [-0.05, 0) is 38.0 Å². The minimum atomic E-state index is -1.08. The number of esters is 1. The third kappa shape index (κ3) is 10.1. The Morgan fingerprint density at radius 3 is 2.79 bits per heavy atom. The van der Waals surface area contributed by atoms with Crippen molar-refractivity contribution in [3.8, 4) is 12.3 Å². The summed E-state index contributed by atoms with van der Waals surface area (Å²) in [6.07, 6.45) is 19.0. The number of Topliss-reactive ketones (excluding diaryl/α,β-unsaturated/α-hetero) is 1. The van der Waals surface area contributed by atoms with Crippen LogP contribution < -0.4 is 0 Å². The average molecular weight is 407 g/mol. The summed E-state index contributed by atoms with van der Waals surface area (Å²) < 4.78 is 9.77. The molecule has 0 aliphatic heterocycles. The first-order valence-electron chi connectivity index (χ1n) is 11.0. The molecular formula is C24H38O5. The zero-order valence-corrected chi connectivity index (χ0v) is 18.2. The molecule has 0 aromatic rings. The maximum atomic E-state index is 12.2. The number of terminal acetylenes is 1. The monoisotopic (exact) mass is 406 g/mol. The number of ketones is 1. The van der Waals surface area contributed by atoms with Crippen LogP contribution in [0.5, 0.6) is 0 Å². The van der Waals surface area contributed by atoms with Crippen LogP contribution in [0.4, 0.5) is 0 Å². The van der Waals surface area contributed by atoms with Crippen LogP contribution in [0.15, 0.2) is 12.2 Å². The highest BCUT2D eigenvalue weighted by molar-refractivity contribution is 5.83. The first-order chi connectivity index (χ1) is 14.0. The Kier molecular flexibility index (Phi) is 12.6. The number of allylic oxidation sites excluding steroid dienone is 1. The van der Waals surface area contributed by atoms with Crippen LogP contribution >= 0.6 is 0 Å². The van der Waals surface area contributed by atoms with E-state index in [4.69, 9.17) is 11.2 Å². The minimum absolute atomic E-state index is 0.0270. The highest BCUT2D eigenvalue weighted by Crippen LogP contribution is 2.34. The van der Waals surface area contributed by atoms with E-state index in [9.17, 15) is 14.7 Å². The van der Waals surface area contributed by atoms with E-state index in [1.54, 1.807) is 0 Å². The molecule has 0 aromatic carbocycles. The Labute approximate surface area is 176 Å². The van der Waals surface area contributed by atoms with Gasteiger partial charge in [0.15, 0.2) is 0 Å². The summed E-state index contributed by atoms with van der Waals surface area (Å²) in [7, 11) is 1.34. The summed E-state index contributed by atoms with van der Waals surface area (Å²) in [5.74, 6) is 2.76. The van der Waals surface area contributed by atoms with Gasteiger partial charge in [0.25, 0.3) is 0 Å². The van der Waals surface area contributed by atoms with E-state index >= 15 is 0 Å². The zero-order chi connectivity index (χ0) is 21.5. The van der Waals surface area contributed by atoms with E-state index in [2.05, 4.69) is 23.7 Å². The van der Waals surface area contributed by atoms with Gasteiger partial charge in [-0.2, -0.15) is 0 Å². The summed E-state index contributed by atoms with van der Waals surface area (Å²) >= 11 is 0. The number of aliphatic hydroxyl groups is 1. The molecular weight excluding hydrogens is 368 g/mol. The van der Waals surface area contributed by atoms with Crippen molar-refractivity contribution in [3.05, 3.63) is 12.2 Å². The van der Waals surface area contributed by atoms with E-state index < -0.39 is 5.60 Å². The third-order valence-corrected chi connectivity index (χ3v) is 5.71. The summed E-state index contributed by atoms with van der Waals surface area (Å²) in [6.45, 7) is 2.62. The van der Waals surface area contributed by atoms with E-state index in [-0.39, 0.29) is 24.4 Å². The molecule has 1 unspecified atom stereocenters.